The molecule has 1 N–H and O–H groups in total. The Morgan fingerprint density at radius 3 is 2.81 bits per heavy atom. The molecule has 7 heteroatoms. The van der Waals surface area contributed by atoms with Gasteiger partial charge in [0.05, 0.1) is 24.5 Å². The van der Waals surface area contributed by atoms with Crippen molar-refractivity contribution < 1.29 is 13.9 Å². The highest BCUT2D eigenvalue weighted by Crippen LogP contribution is 2.26. The van der Waals surface area contributed by atoms with Crippen LogP contribution in [0.2, 0.25) is 0 Å². The molecule has 1 fully saturated rings. The Hall–Kier alpha value is -2.54. The number of halogens is 1. The number of hydrogen-bond acceptors (Lipinski definition) is 5. The normalized spacial score (nSPS) is 14.3. The van der Waals surface area contributed by atoms with Crippen LogP contribution in [0, 0.1) is 5.82 Å². The van der Waals surface area contributed by atoms with Crippen LogP contribution in [0.5, 0.6) is 0 Å². The Morgan fingerprint density at radius 1 is 1.31 bits per heavy atom. The maximum Gasteiger partial charge on any atom is 0.255 e. The first kappa shape index (κ1) is 18.3. The van der Waals surface area contributed by atoms with E-state index >= 15 is 0 Å². The molecule has 0 radical (unpaired) electrons. The van der Waals surface area contributed by atoms with E-state index in [0.29, 0.717) is 50.1 Å². The minimum absolute atomic E-state index is 0.281. The second kappa shape index (κ2) is 8.71. The molecule has 1 aliphatic heterocycles. The van der Waals surface area contributed by atoms with Crippen molar-refractivity contribution in [2.45, 2.75) is 19.8 Å². The molecule has 0 saturated carbocycles. The van der Waals surface area contributed by atoms with E-state index in [1.165, 1.54) is 12.3 Å². The van der Waals surface area contributed by atoms with Gasteiger partial charge in [-0.05, 0) is 18.6 Å². The van der Waals surface area contributed by atoms with Crippen molar-refractivity contribution >= 4 is 11.9 Å². The largest absolute Gasteiger partial charge is 0.378 e. The average molecular weight is 358 g/mol. The first-order chi connectivity index (χ1) is 12.7. The van der Waals surface area contributed by atoms with Gasteiger partial charge in [0.15, 0.2) is 0 Å². The molecule has 0 bridgehead atoms. The van der Waals surface area contributed by atoms with Crippen LogP contribution >= 0.6 is 0 Å². The number of morpholine rings is 1. The number of nitrogens with zero attached hydrogens (tertiary/aromatic N) is 3. The van der Waals surface area contributed by atoms with E-state index in [9.17, 15) is 9.18 Å². The molecule has 2 heterocycles. The number of ether oxygens (including phenoxy) is 1. The molecule has 1 aliphatic rings. The van der Waals surface area contributed by atoms with E-state index in [2.05, 4.69) is 22.2 Å². The van der Waals surface area contributed by atoms with Crippen LogP contribution in [-0.2, 0) is 4.74 Å². The summed E-state index contributed by atoms with van der Waals surface area (Å²) in [6, 6.07) is 6.34. The summed E-state index contributed by atoms with van der Waals surface area (Å²) < 4.78 is 19.7. The molecule has 2 aromatic rings. The van der Waals surface area contributed by atoms with Crippen LogP contribution in [0.4, 0.5) is 10.3 Å². The van der Waals surface area contributed by atoms with Crippen molar-refractivity contribution in [3.63, 3.8) is 0 Å². The van der Waals surface area contributed by atoms with E-state index in [1.54, 1.807) is 18.2 Å². The summed E-state index contributed by atoms with van der Waals surface area (Å²) in [7, 11) is 0. The maximum atomic E-state index is 14.4. The van der Waals surface area contributed by atoms with Crippen LogP contribution in [0.3, 0.4) is 0 Å². The average Bonchev–Trinajstić information content (AvgIpc) is 2.69. The Labute approximate surface area is 152 Å². The number of nitrogens with one attached hydrogen (secondary N) is 1. The maximum absolute atomic E-state index is 14.4. The Kier molecular flexibility index (Phi) is 6.12. The third kappa shape index (κ3) is 4.16. The van der Waals surface area contributed by atoms with E-state index in [1.807, 2.05) is 4.90 Å². The van der Waals surface area contributed by atoms with Gasteiger partial charge in [-0.15, -0.1) is 0 Å². The molecule has 0 unspecified atom stereocenters. The molecule has 3 rings (SSSR count). The van der Waals surface area contributed by atoms with Gasteiger partial charge < -0.3 is 15.0 Å². The van der Waals surface area contributed by atoms with Crippen molar-refractivity contribution in [3.8, 4) is 11.3 Å². The highest BCUT2D eigenvalue weighted by molar-refractivity contribution is 5.99. The first-order valence-corrected chi connectivity index (χ1v) is 8.93. The summed E-state index contributed by atoms with van der Waals surface area (Å²) in [6.45, 7) is 5.14. The molecule has 1 aromatic heterocycles. The topological polar surface area (TPSA) is 67.4 Å². The van der Waals surface area contributed by atoms with E-state index in [4.69, 9.17) is 4.74 Å². The molecule has 0 aliphatic carbocycles. The zero-order valence-electron chi connectivity index (χ0n) is 14.9. The van der Waals surface area contributed by atoms with E-state index in [0.717, 1.165) is 12.8 Å². The molecule has 138 valence electrons. The summed E-state index contributed by atoms with van der Waals surface area (Å²) in [5.41, 5.74) is 0.891. The minimum atomic E-state index is -0.415. The fourth-order valence-electron chi connectivity index (χ4n) is 2.79. The number of carbonyl (C=O) groups is 1. The van der Waals surface area contributed by atoms with Gasteiger partial charge in [-0.3, -0.25) is 4.79 Å². The Morgan fingerprint density at radius 2 is 2.08 bits per heavy atom. The van der Waals surface area contributed by atoms with Crippen LogP contribution in [0.15, 0.2) is 30.5 Å². The predicted molar refractivity (Wildman–Crippen MR) is 97.7 cm³/mol. The van der Waals surface area contributed by atoms with Gasteiger partial charge in [-0.25, -0.2) is 14.4 Å². The third-order valence-electron chi connectivity index (χ3n) is 4.26. The number of benzene rings is 1. The standard InChI is InChI=1S/C19H23FN4O2/c1-2-3-8-21-18(25)15-13-22-19(24-9-11-26-12-10-24)23-17(15)14-6-4-5-7-16(14)20/h4-7,13H,2-3,8-12H2,1H3,(H,21,25). The lowest BCUT2D eigenvalue weighted by atomic mass is 10.1. The molecule has 1 aromatic carbocycles. The first-order valence-electron chi connectivity index (χ1n) is 8.93. The van der Waals surface area contributed by atoms with Gasteiger partial charge in [0.25, 0.3) is 5.91 Å². The summed E-state index contributed by atoms with van der Waals surface area (Å²) in [5.74, 6) is -0.219. The van der Waals surface area contributed by atoms with E-state index < -0.39 is 5.82 Å². The van der Waals surface area contributed by atoms with Crippen molar-refractivity contribution in [1.29, 1.82) is 0 Å². The fraction of sp³-hybridized carbons (Fsp3) is 0.421. The van der Waals surface area contributed by atoms with Gasteiger partial charge in [0.1, 0.15) is 5.82 Å². The summed E-state index contributed by atoms with van der Waals surface area (Å²) in [4.78, 5) is 23.4. The summed E-state index contributed by atoms with van der Waals surface area (Å²) >= 11 is 0. The lowest BCUT2D eigenvalue weighted by molar-refractivity contribution is 0.0953. The van der Waals surface area contributed by atoms with Gasteiger partial charge in [-0.2, -0.15) is 0 Å². The predicted octanol–water partition coefficient (Wildman–Crippen LogP) is 2.65. The van der Waals surface area contributed by atoms with Crippen molar-refractivity contribution in [1.82, 2.24) is 15.3 Å². The lowest BCUT2D eigenvalue weighted by Gasteiger charge is -2.27. The Bertz CT molecular complexity index is 763. The second-order valence-electron chi connectivity index (χ2n) is 6.12. The number of unbranched alkanes of at least 4 members (excludes halogenated alkanes) is 1. The number of hydrogen-bond donors (Lipinski definition) is 1. The van der Waals surface area contributed by atoms with Crippen LogP contribution in [0.25, 0.3) is 11.3 Å². The zero-order valence-corrected chi connectivity index (χ0v) is 14.9. The summed E-state index contributed by atoms with van der Waals surface area (Å²) in [5, 5.41) is 2.85. The van der Waals surface area contributed by atoms with Gasteiger partial charge >= 0.3 is 0 Å². The molecule has 6 nitrogen and oxygen atoms in total. The Balaban J connectivity index is 1.97. The molecule has 0 atom stereocenters. The van der Waals surface area contributed by atoms with Crippen LogP contribution < -0.4 is 10.2 Å². The van der Waals surface area contributed by atoms with Crippen LogP contribution in [0.1, 0.15) is 30.1 Å². The van der Waals surface area contributed by atoms with E-state index in [-0.39, 0.29) is 11.5 Å². The van der Waals surface area contributed by atoms with Crippen molar-refractivity contribution in [2.24, 2.45) is 0 Å². The fourth-order valence-corrected chi connectivity index (χ4v) is 2.79. The number of anilines is 1. The third-order valence-corrected chi connectivity index (χ3v) is 4.26. The highest BCUT2D eigenvalue weighted by Gasteiger charge is 2.21. The number of amides is 1. The summed E-state index contributed by atoms with van der Waals surface area (Å²) in [6.07, 6.45) is 3.35. The lowest BCUT2D eigenvalue weighted by Crippen LogP contribution is -2.37. The number of aromatic nitrogens is 2. The molecular formula is C19H23FN4O2. The minimum Gasteiger partial charge on any atom is -0.378 e. The van der Waals surface area contributed by atoms with Gasteiger partial charge in [0.2, 0.25) is 5.95 Å². The van der Waals surface area contributed by atoms with Crippen molar-refractivity contribution in [3.05, 3.63) is 41.8 Å². The zero-order chi connectivity index (χ0) is 18.4. The molecule has 0 spiro atoms. The monoisotopic (exact) mass is 358 g/mol. The second-order valence-corrected chi connectivity index (χ2v) is 6.12. The SMILES string of the molecule is CCCCNC(=O)c1cnc(N2CCOCC2)nc1-c1ccccc1F. The number of carbonyl (C=O) groups excluding carboxylic acids is 1. The van der Waals surface area contributed by atoms with Gasteiger partial charge in [0, 0.05) is 31.4 Å². The quantitative estimate of drug-likeness (QED) is 0.804. The van der Waals surface area contributed by atoms with Gasteiger partial charge in [-0.1, -0.05) is 25.5 Å². The highest BCUT2D eigenvalue weighted by atomic mass is 19.1. The molecular weight excluding hydrogens is 335 g/mol. The number of rotatable bonds is 6. The van der Waals surface area contributed by atoms with Crippen LogP contribution in [-0.4, -0.2) is 48.7 Å². The molecule has 26 heavy (non-hydrogen) atoms. The van der Waals surface area contributed by atoms with Crippen molar-refractivity contribution in [2.75, 3.05) is 37.7 Å². The molecule has 1 saturated heterocycles. The molecule has 1 amide bonds. The smallest absolute Gasteiger partial charge is 0.255 e.